The van der Waals surface area contributed by atoms with Crippen molar-refractivity contribution < 1.29 is 14.3 Å². The maximum absolute atomic E-state index is 12.6. The molecule has 2 heterocycles. The van der Waals surface area contributed by atoms with E-state index in [1.165, 1.54) is 11.8 Å². The number of thioether (sulfide) groups is 1. The highest BCUT2D eigenvalue weighted by Gasteiger charge is 2.22. The predicted octanol–water partition coefficient (Wildman–Crippen LogP) is 3.45. The van der Waals surface area contributed by atoms with Crippen molar-refractivity contribution in [1.29, 1.82) is 0 Å². The van der Waals surface area contributed by atoms with E-state index in [4.69, 9.17) is 4.74 Å². The topological polar surface area (TPSA) is 89.4 Å². The van der Waals surface area contributed by atoms with Gasteiger partial charge in [0.25, 0.3) is 0 Å². The Kier molecular flexibility index (Phi) is 7.18. The standard InChI is InChI=1S/C23H25N5O3S/c1-31-14-13-28-22(17-7-3-2-4-8-17)25-26-23(28)32-16-20(29)24-18-9-5-10-19(15-18)27-12-6-11-21(27)30/h2-5,7-10,15H,6,11-14,16H2,1H3,(H,24,29). The van der Waals surface area contributed by atoms with Gasteiger partial charge in [-0.25, -0.2) is 0 Å². The number of methoxy groups -OCH3 is 1. The molecule has 0 saturated carbocycles. The van der Waals surface area contributed by atoms with E-state index in [0.29, 0.717) is 37.0 Å². The van der Waals surface area contributed by atoms with Crippen molar-refractivity contribution in [2.45, 2.75) is 24.5 Å². The second-order valence-electron chi connectivity index (χ2n) is 7.35. The molecule has 2 amide bonds. The smallest absolute Gasteiger partial charge is 0.234 e. The Labute approximate surface area is 191 Å². The molecule has 9 heteroatoms. The van der Waals surface area contributed by atoms with E-state index in [9.17, 15) is 9.59 Å². The summed E-state index contributed by atoms with van der Waals surface area (Å²) < 4.78 is 7.20. The van der Waals surface area contributed by atoms with Crippen LogP contribution in [-0.2, 0) is 20.9 Å². The number of amides is 2. The number of rotatable bonds is 9. The Hall–Kier alpha value is -3.17. The first-order valence-electron chi connectivity index (χ1n) is 10.5. The first kappa shape index (κ1) is 22.0. The Morgan fingerprint density at radius 1 is 1.16 bits per heavy atom. The van der Waals surface area contributed by atoms with Crippen LogP contribution in [0, 0.1) is 0 Å². The van der Waals surface area contributed by atoms with Gasteiger partial charge in [0, 0.05) is 37.0 Å². The van der Waals surface area contributed by atoms with Crippen LogP contribution in [0.5, 0.6) is 0 Å². The normalized spacial score (nSPS) is 13.5. The minimum atomic E-state index is -0.151. The molecule has 1 saturated heterocycles. The second kappa shape index (κ2) is 10.4. The molecule has 1 fully saturated rings. The van der Waals surface area contributed by atoms with E-state index in [0.717, 1.165) is 23.5 Å². The van der Waals surface area contributed by atoms with Gasteiger partial charge in [-0.2, -0.15) is 0 Å². The summed E-state index contributed by atoms with van der Waals surface area (Å²) in [5, 5.41) is 12.2. The SMILES string of the molecule is COCCn1c(SCC(=O)Nc2cccc(N3CCCC3=O)c2)nnc1-c1ccccc1. The summed E-state index contributed by atoms with van der Waals surface area (Å²) in [5.74, 6) is 0.900. The summed E-state index contributed by atoms with van der Waals surface area (Å²) in [7, 11) is 1.65. The second-order valence-corrected chi connectivity index (χ2v) is 8.30. The third kappa shape index (κ3) is 5.17. The van der Waals surface area contributed by atoms with E-state index in [2.05, 4.69) is 15.5 Å². The van der Waals surface area contributed by atoms with E-state index in [-0.39, 0.29) is 17.6 Å². The summed E-state index contributed by atoms with van der Waals surface area (Å²) >= 11 is 1.33. The van der Waals surface area contributed by atoms with Crippen molar-refractivity contribution in [1.82, 2.24) is 14.8 Å². The monoisotopic (exact) mass is 451 g/mol. The maximum Gasteiger partial charge on any atom is 0.234 e. The fraction of sp³-hybridized carbons (Fsp3) is 0.304. The lowest BCUT2D eigenvalue weighted by atomic mass is 10.2. The predicted molar refractivity (Wildman–Crippen MR) is 125 cm³/mol. The molecule has 8 nitrogen and oxygen atoms in total. The van der Waals surface area contributed by atoms with Gasteiger partial charge in [0.2, 0.25) is 11.8 Å². The summed E-state index contributed by atoms with van der Waals surface area (Å²) in [5.41, 5.74) is 2.43. The highest BCUT2D eigenvalue weighted by molar-refractivity contribution is 7.99. The van der Waals surface area contributed by atoms with E-state index < -0.39 is 0 Å². The lowest BCUT2D eigenvalue weighted by Gasteiger charge is -2.16. The molecule has 2 aromatic carbocycles. The van der Waals surface area contributed by atoms with Crippen LogP contribution in [0.25, 0.3) is 11.4 Å². The Bertz CT molecular complexity index is 1090. The zero-order valence-electron chi connectivity index (χ0n) is 17.9. The number of nitrogens with zero attached hydrogens (tertiary/aromatic N) is 4. The summed E-state index contributed by atoms with van der Waals surface area (Å²) in [6.07, 6.45) is 1.43. The molecule has 0 bridgehead atoms. The summed E-state index contributed by atoms with van der Waals surface area (Å²) in [6, 6.07) is 17.2. The molecule has 32 heavy (non-hydrogen) atoms. The highest BCUT2D eigenvalue weighted by atomic mass is 32.2. The summed E-state index contributed by atoms with van der Waals surface area (Å²) in [4.78, 5) is 26.3. The third-order valence-corrected chi connectivity index (χ3v) is 6.08. The average molecular weight is 452 g/mol. The number of hydrogen-bond acceptors (Lipinski definition) is 6. The molecule has 1 N–H and O–H groups in total. The van der Waals surface area contributed by atoms with Crippen molar-refractivity contribution in [3.63, 3.8) is 0 Å². The molecule has 0 spiro atoms. The highest BCUT2D eigenvalue weighted by Crippen LogP contribution is 2.26. The van der Waals surface area contributed by atoms with Crippen LogP contribution in [0.1, 0.15) is 12.8 Å². The molecule has 166 valence electrons. The molecule has 1 aliphatic heterocycles. The van der Waals surface area contributed by atoms with Gasteiger partial charge in [0.1, 0.15) is 0 Å². The van der Waals surface area contributed by atoms with Gasteiger partial charge >= 0.3 is 0 Å². The zero-order valence-corrected chi connectivity index (χ0v) is 18.7. The first-order valence-corrected chi connectivity index (χ1v) is 11.4. The Morgan fingerprint density at radius 3 is 2.75 bits per heavy atom. The molecule has 1 aliphatic rings. The molecule has 3 aromatic rings. The number of hydrogen-bond donors (Lipinski definition) is 1. The third-order valence-electron chi connectivity index (χ3n) is 5.12. The van der Waals surface area contributed by atoms with Crippen LogP contribution in [-0.4, -0.2) is 52.6 Å². The molecule has 1 aromatic heterocycles. The van der Waals surface area contributed by atoms with E-state index >= 15 is 0 Å². The van der Waals surface area contributed by atoms with Crippen LogP contribution < -0.4 is 10.2 Å². The number of nitrogens with one attached hydrogen (secondary N) is 1. The van der Waals surface area contributed by atoms with Gasteiger partial charge in [-0.05, 0) is 24.6 Å². The quantitative estimate of drug-likeness (QED) is 0.501. The maximum atomic E-state index is 12.6. The van der Waals surface area contributed by atoms with Gasteiger partial charge in [-0.1, -0.05) is 48.2 Å². The van der Waals surface area contributed by atoms with Crippen LogP contribution >= 0.6 is 11.8 Å². The fourth-order valence-corrected chi connectivity index (χ4v) is 4.34. The number of anilines is 2. The number of benzene rings is 2. The number of carbonyl (C=O) groups is 2. The van der Waals surface area contributed by atoms with Crippen molar-refractivity contribution in [2.75, 3.05) is 36.2 Å². The van der Waals surface area contributed by atoms with Crippen LogP contribution in [0.4, 0.5) is 11.4 Å². The minimum absolute atomic E-state index is 0.119. The molecule has 0 atom stereocenters. The average Bonchev–Trinajstić information content (AvgIpc) is 3.43. The zero-order chi connectivity index (χ0) is 22.3. The molecular formula is C23H25N5O3S. The molecule has 0 unspecified atom stereocenters. The van der Waals surface area contributed by atoms with Gasteiger partial charge in [-0.3, -0.25) is 14.2 Å². The minimum Gasteiger partial charge on any atom is -0.383 e. The van der Waals surface area contributed by atoms with Crippen molar-refractivity contribution >= 4 is 35.0 Å². The van der Waals surface area contributed by atoms with Crippen molar-refractivity contribution in [2.24, 2.45) is 0 Å². The first-order chi connectivity index (χ1) is 15.7. The molecule has 0 radical (unpaired) electrons. The van der Waals surface area contributed by atoms with Crippen LogP contribution in [0.3, 0.4) is 0 Å². The van der Waals surface area contributed by atoms with Crippen LogP contribution in [0.2, 0.25) is 0 Å². The molecule has 0 aliphatic carbocycles. The van der Waals surface area contributed by atoms with E-state index in [1.54, 1.807) is 12.0 Å². The van der Waals surface area contributed by atoms with Gasteiger partial charge in [0.05, 0.1) is 18.9 Å². The van der Waals surface area contributed by atoms with Crippen LogP contribution in [0.15, 0.2) is 59.8 Å². The Balaban J connectivity index is 1.42. The fourth-order valence-electron chi connectivity index (χ4n) is 3.58. The van der Waals surface area contributed by atoms with Gasteiger partial charge < -0.3 is 15.0 Å². The van der Waals surface area contributed by atoms with E-state index in [1.807, 2.05) is 59.2 Å². The van der Waals surface area contributed by atoms with Crippen molar-refractivity contribution in [3.8, 4) is 11.4 Å². The molecule has 4 rings (SSSR count). The molecular weight excluding hydrogens is 426 g/mol. The summed E-state index contributed by atoms with van der Waals surface area (Å²) in [6.45, 7) is 1.82. The number of carbonyl (C=O) groups excluding carboxylic acids is 2. The largest absolute Gasteiger partial charge is 0.383 e. The van der Waals surface area contributed by atoms with Gasteiger partial charge in [0.15, 0.2) is 11.0 Å². The Morgan fingerprint density at radius 2 is 2.00 bits per heavy atom. The van der Waals surface area contributed by atoms with Gasteiger partial charge in [-0.15, -0.1) is 10.2 Å². The lowest BCUT2D eigenvalue weighted by Crippen LogP contribution is -2.23. The number of aromatic nitrogens is 3. The number of ether oxygens (including phenoxy) is 1. The van der Waals surface area contributed by atoms with Crippen molar-refractivity contribution in [3.05, 3.63) is 54.6 Å². The lowest BCUT2D eigenvalue weighted by molar-refractivity contribution is -0.117.